The summed E-state index contributed by atoms with van der Waals surface area (Å²) in [5.74, 6) is 2.31. The molecule has 1 aliphatic heterocycles. The summed E-state index contributed by atoms with van der Waals surface area (Å²) in [7, 11) is 0. The lowest BCUT2D eigenvalue weighted by Crippen LogP contribution is -2.30. The topological polar surface area (TPSA) is 60.2 Å². The Labute approximate surface area is 126 Å². The first kappa shape index (κ1) is 15.0. The molecule has 1 saturated heterocycles. The minimum atomic E-state index is -0.275. The highest BCUT2D eigenvalue weighted by molar-refractivity contribution is 5.04. The van der Waals surface area contributed by atoms with Gasteiger partial charge in [-0.05, 0) is 70.9 Å². The van der Waals surface area contributed by atoms with E-state index >= 15 is 0 Å². The molecule has 1 aromatic rings. The maximum absolute atomic E-state index is 5.99. The van der Waals surface area contributed by atoms with Gasteiger partial charge in [0.1, 0.15) is 5.60 Å². The lowest BCUT2D eigenvalue weighted by atomic mass is 9.95. The number of aryl methyl sites for hydroxylation is 1. The summed E-state index contributed by atoms with van der Waals surface area (Å²) in [6, 6.07) is 0. The number of hydrogen-bond acceptors (Lipinski definition) is 5. The van der Waals surface area contributed by atoms with Crippen molar-refractivity contribution in [3.63, 3.8) is 0 Å². The summed E-state index contributed by atoms with van der Waals surface area (Å²) < 4.78 is 11.5. The van der Waals surface area contributed by atoms with Crippen LogP contribution in [-0.4, -0.2) is 29.8 Å². The summed E-state index contributed by atoms with van der Waals surface area (Å²) in [5, 5.41) is 7.68. The van der Waals surface area contributed by atoms with E-state index in [2.05, 4.69) is 15.5 Å². The molecule has 2 fully saturated rings. The van der Waals surface area contributed by atoms with Gasteiger partial charge in [0.05, 0.1) is 0 Å². The maximum atomic E-state index is 5.99. The molecule has 1 N–H and O–H groups in total. The van der Waals surface area contributed by atoms with Gasteiger partial charge < -0.3 is 14.6 Å². The molecule has 1 unspecified atom stereocenters. The highest BCUT2D eigenvalue weighted by Crippen LogP contribution is 2.40. The number of hydrogen-bond donors (Lipinski definition) is 1. The van der Waals surface area contributed by atoms with Crippen molar-refractivity contribution >= 4 is 0 Å². The lowest BCUT2D eigenvalue weighted by Gasteiger charge is -2.24. The molecular formula is C16H27N3O2. The van der Waals surface area contributed by atoms with E-state index in [1.54, 1.807) is 0 Å². The van der Waals surface area contributed by atoms with E-state index in [0.29, 0.717) is 6.61 Å². The Balaban J connectivity index is 1.59. The second-order valence-corrected chi connectivity index (χ2v) is 6.40. The van der Waals surface area contributed by atoms with Crippen LogP contribution in [0, 0.1) is 5.92 Å². The summed E-state index contributed by atoms with van der Waals surface area (Å²) >= 11 is 0. The molecule has 1 aliphatic carbocycles. The average Bonchev–Trinajstić information content (AvgIpc) is 3.16. The molecule has 1 saturated carbocycles. The van der Waals surface area contributed by atoms with Gasteiger partial charge in [0.25, 0.3) is 0 Å². The summed E-state index contributed by atoms with van der Waals surface area (Å²) in [6.45, 7) is 5.04. The molecule has 0 aromatic carbocycles. The third-order valence-electron chi connectivity index (χ3n) is 4.87. The van der Waals surface area contributed by atoms with E-state index in [4.69, 9.17) is 9.26 Å². The minimum Gasteiger partial charge on any atom is -0.367 e. The highest BCUT2D eigenvalue weighted by atomic mass is 16.5. The van der Waals surface area contributed by atoms with E-state index in [1.807, 2.05) is 6.92 Å². The lowest BCUT2D eigenvalue weighted by molar-refractivity contribution is -0.0469. The summed E-state index contributed by atoms with van der Waals surface area (Å²) in [6.07, 6.45) is 9.05. The van der Waals surface area contributed by atoms with Crippen LogP contribution in [0.25, 0.3) is 0 Å². The third-order valence-corrected chi connectivity index (χ3v) is 4.87. The van der Waals surface area contributed by atoms with Crippen LogP contribution in [0.1, 0.15) is 63.6 Å². The van der Waals surface area contributed by atoms with E-state index < -0.39 is 0 Å². The fourth-order valence-electron chi connectivity index (χ4n) is 3.69. The quantitative estimate of drug-likeness (QED) is 0.874. The van der Waals surface area contributed by atoms with Crippen molar-refractivity contribution in [3.8, 4) is 0 Å². The van der Waals surface area contributed by atoms with Crippen LogP contribution < -0.4 is 5.32 Å². The van der Waals surface area contributed by atoms with Gasteiger partial charge in [-0.1, -0.05) is 5.16 Å². The van der Waals surface area contributed by atoms with Gasteiger partial charge >= 0.3 is 0 Å². The number of nitrogens with one attached hydrogen (secondary N) is 1. The molecule has 2 aliphatic rings. The number of rotatable bonds is 6. The van der Waals surface area contributed by atoms with Gasteiger partial charge in [-0.15, -0.1) is 0 Å². The average molecular weight is 293 g/mol. The van der Waals surface area contributed by atoms with Crippen LogP contribution in [0.3, 0.4) is 0 Å². The van der Waals surface area contributed by atoms with Crippen LogP contribution in [0.2, 0.25) is 0 Å². The number of piperidine rings is 1. The molecule has 0 spiro atoms. The number of aromatic nitrogens is 2. The first-order valence-electron chi connectivity index (χ1n) is 8.50. The van der Waals surface area contributed by atoms with Crippen molar-refractivity contribution in [2.24, 2.45) is 5.92 Å². The zero-order chi connectivity index (χ0) is 14.5. The predicted octanol–water partition coefficient (Wildman–Crippen LogP) is 2.81. The van der Waals surface area contributed by atoms with Crippen molar-refractivity contribution in [2.75, 3.05) is 19.7 Å². The fraction of sp³-hybridized carbons (Fsp3) is 0.875. The van der Waals surface area contributed by atoms with Crippen molar-refractivity contribution in [3.05, 3.63) is 11.7 Å². The third kappa shape index (κ3) is 3.46. The molecule has 3 rings (SSSR count). The smallest absolute Gasteiger partial charge is 0.226 e. The standard InChI is InChI=1S/C16H27N3O2/c1-2-20-16(9-3-4-10-16)15-18-14(21-19-15)8-7-13-6-5-11-17-12-13/h13,17H,2-12H2,1H3. The molecule has 1 atom stereocenters. The Bertz CT molecular complexity index is 434. The molecule has 118 valence electrons. The zero-order valence-electron chi connectivity index (χ0n) is 13.1. The van der Waals surface area contributed by atoms with Gasteiger partial charge in [0.15, 0.2) is 0 Å². The van der Waals surface area contributed by atoms with E-state index in [9.17, 15) is 0 Å². The largest absolute Gasteiger partial charge is 0.367 e. The fourth-order valence-corrected chi connectivity index (χ4v) is 3.69. The predicted molar refractivity (Wildman–Crippen MR) is 80.0 cm³/mol. The second-order valence-electron chi connectivity index (χ2n) is 6.40. The van der Waals surface area contributed by atoms with Gasteiger partial charge in [-0.3, -0.25) is 0 Å². The van der Waals surface area contributed by atoms with Crippen molar-refractivity contribution in [1.82, 2.24) is 15.5 Å². The number of nitrogens with zero attached hydrogens (tertiary/aromatic N) is 2. The second kappa shape index (κ2) is 6.88. The monoisotopic (exact) mass is 293 g/mol. The Morgan fingerprint density at radius 3 is 2.90 bits per heavy atom. The maximum Gasteiger partial charge on any atom is 0.226 e. The van der Waals surface area contributed by atoms with Crippen molar-refractivity contribution in [1.29, 1.82) is 0 Å². The molecule has 21 heavy (non-hydrogen) atoms. The molecular weight excluding hydrogens is 266 g/mol. The SMILES string of the molecule is CCOC1(c2noc(CCC3CCCNC3)n2)CCCC1. The minimum absolute atomic E-state index is 0.275. The Morgan fingerprint density at radius 2 is 2.19 bits per heavy atom. The summed E-state index contributed by atoms with van der Waals surface area (Å²) in [5.41, 5.74) is -0.275. The normalized spacial score (nSPS) is 25.3. The van der Waals surface area contributed by atoms with Gasteiger partial charge in [-0.2, -0.15) is 4.98 Å². The van der Waals surface area contributed by atoms with Crippen LogP contribution >= 0.6 is 0 Å². The Kier molecular flexibility index (Phi) is 4.91. The van der Waals surface area contributed by atoms with Gasteiger partial charge in [0, 0.05) is 13.0 Å². The zero-order valence-corrected chi connectivity index (χ0v) is 13.1. The van der Waals surface area contributed by atoms with Crippen molar-refractivity contribution < 1.29 is 9.26 Å². The van der Waals surface area contributed by atoms with Crippen LogP contribution in [0.15, 0.2) is 4.52 Å². The molecule has 0 radical (unpaired) electrons. The highest BCUT2D eigenvalue weighted by Gasteiger charge is 2.40. The van der Waals surface area contributed by atoms with Crippen molar-refractivity contribution in [2.45, 2.75) is 63.9 Å². The molecule has 1 aromatic heterocycles. The Hall–Kier alpha value is -0.940. The van der Waals surface area contributed by atoms with Crippen LogP contribution in [0.4, 0.5) is 0 Å². The first-order chi connectivity index (χ1) is 10.3. The van der Waals surface area contributed by atoms with Crippen LogP contribution in [0.5, 0.6) is 0 Å². The van der Waals surface area contributed by atoms with Gasteiger partial charge in [-0.25, -0.2) is 0 Å². The first-order valence-corrected chi connectivity index (χ1v) is 8.50. The van der Waals surface area contributed by atoms with E-state index in [1.165, 1.54) is 25.7 Å². The van der Waals surface area contributed by atoms with Gasteiger partial charge in [0.2, 0.25) is 11.7 Å². The number of ether oxygens (including phenoxy) is 1. The molecule has 2 heterocycles. The molecule has 0 bridgehead atoms. The Morgan fingerprint density at radius 1 is 1.33 bits per heavy atom. The van der Waals surface area contributed by atoms with E-state index in [0.717, 1.165) is 56.4 Å². The molecule has 0 amide bonds. The molecule has 5 nitrogen and oxygen atoms in total. The van der Waals surface area contributed by atoms with E-state index in [-0.39, 0.29) is 5.60 Å². The van der Waals surface area contributed by atoms with Crippen LogP contribution in [-0.2, 0) is 16.8 Å². The summed E-state index contributed by atoms with van der Waals surface area (Å²) in [4.78, 5) is 4.64. The molecule has 5 heteroatoms.